The van der Waals surface area contributed by atoms with Crippen LogP contribution in [0.15, 0.2) is 42.7 Å². The number of hydrogen-bond acceptors (Lipinski definition) is 10. The molecule has 2 fully saturated rings. The van der Waals surface area contributed by atoms with Gasteiger partial charge < -0.3 is 19.5 Å². The number of nitrogens with zero attached hydrogens (tertiary/aromatic N) is 6. The van der Waals surface area contributed by atoms with Gasteiger partial charge in [-0.1, -0.05) is 12.1 Å². The summed E-state index contributed by atoms with van der Waals surface area (Å²) in [5.41, 5.74) is 3.90. The Balaban J connectivity index is 0.00000220. The Labute approximate surface area is 249 Å². The molecule has 2 saturated heterocycles. The van der Waals surface area contributed by atoms with E-state index in [1.54, 1.807) is 12.4 Å². The predicted octanol–water partition coefficient (Wildman–Crippen LogP) is 1.46. The minimum atomic E-state index is -3.46. The van der Waals surface area contributed by atoms with Gasteiger partial charge in [-0.3, -0.25) is 9.88 Å². The lowest BCUT2D eigenvalue weighted by molar-refractivity contribution is -0.0254. The standard InChI is InChI=1S/C26H34N6O5S.2H2S/c1-30(2)20-5-3-19(4-6-20)23-15-24-25(28-9-8-27-24)26(29-23)37-18-22-17-32(11-13-36-22)38(34,35)14-12-31-10-7-21(33)16-31;;/h3-6,8-9,15,21-22,33H,7,10-14,16-18H2,1-2H3;2*1H2/t21-,22-;;/m0../s1. The highest BCUT2D eigenvalue weighted by Crippen LogP contribution is 2.28. The molecule has 220 valence electrons. The zero-order valence-corrected chi connectivity index (χ0v) is 25.5. The Bertz CT molecular complexity index is 1360. The first-order chi connectivity index (χ1) is 18.3. The van der Waals surface area contributed by atoms with E-state index in [2.05, 4.69) is 9.97 Å². The largest absolute Gasteiger partial charge is 0.473 e. The molecule has 0 amide bonds. The minimum Gasteiger partial charge on any atom is -0.473 e. The smallest absolute Gasteiger partial charge is 0.242 e. The van der Waals surface area contributed by atoms with E-state index in [1.165, 1.54) is 4.31 Å². The van der Waals surface area contributed by atoms with Crippen LogP contribution in [0.4, 0.5) is 5.69 Å². The normalized spacial score (nSPS) is 20.1. The number of fused-ring (bicyclic) bond motifs is 1. The van der Waals surface area contributed by atoms with Crippen molar-refractivity contribution in [1.29, 1.82) is 0 Å². The number of aromatic nitrogens is 3. The quantitative estimate of drug-likeness (QED) is 0.381. The molecule has 0 radical (unpaired) electrons. The number of ether oxygens (including phenoxy) is 2. The summed E-state index contributed by atoms with van der Waals surface area (Å²) in [7, 11) is 0.521. The lowest BCUT2D eigenvalue weighted by Gasteiger charge is -2.32. The monoisotopic (exact) mass is 610 g/mol. The molecule has 5 rings (SSSR count). The summed E-state index contributed by atoms with van der Waals surface area (Å²) in [5.74, 6) is 0.350. The fourth-order valence-electron chi connectivity index (χ4n) is 4.73. The third-order valence-corrected chi connectivity index (χ3v) is 8.73. The van der Waals surface area contributed by atoms with Gasteiger partial charge in [-0.2, -0.15) is 31.3 Å². The number of hydrogen-bond donors (Lipinski definition) is 1. The Morgan fingerprint density at radius 2 is 1.85 bits per heavy atom. The maximum atomic E-state index is 13.0. The third-order valence-electron chi connectivity index (χ3n) is 6.92. The number of pyridine rings is 1. The van der Waals surface area contributed by atoms with Gasteiger partial charge in [-0.15, -0.1) is 0 Å². The molecule has 0 saturated carbocycles. The summed E-state index contributed by atoms with van der Waals surface area (Å²) in [5, 5.41) is 9.70. The molecule has 40 heavy (non-hydrogen) atoms. The van der Waals surface area contributed by atoms with Gasteiger partial charge in [0.25, 0.3) is 0 Å². The van der Waals surface area contributed by atoms with Crippen molar-refractivity contribution in [2.75, 3.05) is 70.7 Å². The first-order valence-electron chi connectivity index (χ1n) is 12.8. The van der Waals surface area contributed by atoms with Crippen LogP contribution in [0, 0.1) is 0 Å². The van der Waals surface area contributed by atoms with E-state index >= 15 is 0 Å². The molecule has 2 aliphatic rings. The van der Waals surface area contributed by atoms with Crippen LogP contribution in [0.25, 0.3) is 22.3 Å². The molecular formula is C26H38N6O5S3. The molecule has 1 N–H and O–H groups in total. The van der Waals surface area contributed by atoms with Crippen molar-refractivity contribution in [3.05, 3.63) is 42.7 Å². The second kappa shape index (κ2) is 14.1. The maximum Gasteiger partial charge on any atom is 0.242 e. The average Bonchev–Trinajstić information content (AvgIpc) is 3.35. The fraction of sp³-hybridized carbons (Fsp3) is 0.500. The van der Waals surface area contributed by atoms with E-state index in [0.29, 0.717) is 55.3 Å². The van der Waals surface area contributed by atoms with Crippen molar-refractivity contribution in [2.24, 2.45) is 0 Å². The molecule has 0 aliphatic carbocycles. The third kappa shape index (κ3) is 7.75. The molecule has 2 aliphatic heterocycles. The Hall–Kier alpha value is -2.20. The fourth-order valence-corrected chi connectivity index (χ4v) is 6.22. The number of morpholine rings is 1. The second-order valence-corrected chi connectivity index (χ2v) is 12.0. The molecule has 0 bridgehead atoms. The van der Waals surface area contributed by atoms with Crippen LogP contribution in [0.1, 0.15) is 6.42 Å². The number of rotatable bonds is 9. The van der Waals surface area contributed by atoms with Gasteiger partial charge in [0.1, 0.15) is 12.7 Å². The summed E-state index contributed by atoms with van der Waals surface area (Å²) >= 11 is 0. The second-order valence-electron chi connectivity index (χ2n) is 9.90. The van der Waals surface area contributed by atoms with Crippen molar-refractivity contribution >= 4 is 53.7 Å². The molecule has 0 spiro atoms. The van der Waals surface area contributed by atoms with Crippen LogP contribution in [-0.4, -0.2) is 116 Å². The van der Waals surface area contributed by atoms with E-state index < -0.39 is 16.1 Å². The van der Waals surface area contributed by atoms with E-state index in [0.717, 1.165) is 17.8 Å². The van der Waals surface area contributed by atoms with Crippen molar-refractivity contribution in [2.45, 2.75) is 18.6 Å². The van der Waals surface area contributed by atoms with Gasteiger partial charge in [0.05, 0.1) is 29.7 Å². The minimum absolute atomic E-state index is 0. The Morgan fingerprint density at radius 1 is 1.10 bits per heavy atom. The summed E-state index contributed by atoms with van der Waals surface area (Å²) in [4.78, 5) is 17.6. The SMILES string of the molecule is CN(C)c1ccc(-c2cc3nccnc3c(OC[C@@H]3CN(S(=O)(=O)CCN4CC[C@H](O)C4)CCO3)n2)cc1.S.S. The first kappa shape index (κ1) is 32.3. The number of aliphatic hydroxyl groups is 1. The summed E-state index contributed by atoms with van der Waals surface area (Å²) in [6.07, 6.45) is 3.09. The number of benzene rings is 1. The molecule has 14 heteroatoms. The molecule has 3 aromatic rings. The van der Waals surface area contributed by atoms with Crippen LogP contribution < -0.4 is 9.64 Å². The predicted molar refractivity (Wildman–Crippen MR) is 166 cm³/mol. The highest BCUT2D eigenvalue weighted by Gasteiger charge is 2.31. The van der Waals surface area contributed by atoms with Gasteiger partial charge in [0.15, 0.2) is 5.52 Å². The molecule has 2 atom stereocenters. The van der Waals surface area contributed by atoms with Crippen molar-refractivity contribution in [3.63, 3.8) is 0 Å². The molecular weight excluding hydrogens is 573 g/mol. The van der Waals surface area contributed by atoms with Crippen molar-refractivity contribution in [1.82, 2.24) is 24.2 Å². The molecule has 11 nitrogen and oxygen atoms in total. The topological polar surface area (TPSA) is 121 Å². The zero-order chi connectivity index (χ0) is 26.7. The highest BCUT2D eigenvalue weighted by atomic mass is 32.2. The van der Waals surface area contributed by atoms with E-state index in [1.807, 2.05) is 54.2 Å². The zero-order valence-electron chi connectivity index (χ0n) is 22.7. The summed E-state index contributed by atoms with van der Waals surface area (Å²) < 4.78 is 39.4. The highest BCUT2D eigenvalue weighted by molar-refractivity contribution is 7.89. The van der Waals surface area contributed by atoms with Gasteiger partial charge >= 0.3 is 0 Å². The number of aliphatic hydroxyl groups excluding tert-OH is 1. The van der Waals surface area contributed by atoms with Gasteiger partial charge in [-0.25, -0.2) is 18.4 Å². The molecule has 2 aromatic heterocycles. The van der Waals surface area contributed by atoms with Crippen molar-refractivity contribution < 1.29 is 23.0 Å². The maximum absolute atomic E-state index is 13.0. The molecule has 0 unspecified atom stereocenters. The molecule has 4 heterocycles. The summed E-state index contributed by atoms with van der Waals surface area (Å²) in [6, 6.07) is 9.92. The van der Waals surface area contributed by atoms with Gasteiger partial charge in [-0.05, 0) is 24.6 Å². The number of likely N-dealkylation sites (tertiary alicyclic amines) is 1. The van der Waals surface area contributed by atoms with E-state index in [9.17, 15) is 13.5 Å². The van der Waals surface area contributed by atoms with Crippen LogP contribution >= 0.6 is 27.0 Å². The summed E-state index contributed by atoms with van der Waals surface area (Å²) in [6.45, 7) is 2.60. The average molecular weight is 611 g/mol. The lowest BCUT2D eigenvalue weighted by atomic mass is 10.1. The Kier molecular flexibility index (Phi) is 11.4. The van der Waals surface area contributed by atoms with Crippen molar-refractivity contribution in [3.8, 4) is 17.1 Å². The van der Waals surface area contributed by atoms with E-state index in [-0.39, 0.29) is 52.0 Å². The first-order valence-corrected chi connectivity index (χ1v) is 14.4. The van der Waals surface area contributed by atoms with Crippen LogP contribution in [0.2, 0.25) is 0 Å². The van der Waals surface area contributed by atoms with Crippen LogP contribution in [0.3, 0.4) is 0 Å². The number of sulfonamides is 1. The Morgan fingerprint density at radius 3 is 2.55 bits per heavy atom. The number of β-amino-alcohol motifs (C(OH)–C–C–N with tert-alkyl or cyclic N) is 1. The van der Waals surface area contributed by atoms with Crippen LogP contribution in [-0.2, 0) is 14.8 Å². The van der Waals surface area contributed by atoms with Crippen LogP contribution in [0.5, 0.6) is 5.88 Å². The van der Waals surface area contributed by atoms with Gasteiger partial charge in [0.2, 0.25) is 15.9 Å². The lowest BCUT2D eigenvalue weighted by Crippen LogP contribution is -2.49. The van der Waals surface area contributed by atoms with E-state index in [4.69, 9.17) is 14.5 Å². The molecule has 1 aromatic carbocycles. The van der Waals surface area contributed by atoms with Gasteiger partial charge in [0, 0.05) is 70.5 Å². The number of anilines is 1.